The number of fused-ring (bicyclic) bond motifs is 1. The van der Waals surface area contributed by atoms with Crippen LogP contribution in [0.5, 0.6) is 0 Å². The van der Waals surface area contributed by atoms with Gasteiger partial charge in [0.25, 0.3) is 5.91 Å². The van der Waals surface area contributed by atoms with Crippen molar-refractivity contribution in [1.29, 1.82) is 0 Å². The molecule has 7 heteroatoms. The smallest absolute Gasteiger partial charge is 0.257 e. The van der Waals surface area contributed by atoms with E-state index in [1.165, 1.54) is 6.20 Å². The Morgan fingerprint density at radius 1 is 1.36 bits per heavy atom. The van der Waals surface area contributed by atoms with E-state index in [0.29, 0.717) is 31.0 Å². The van der Waals surface area contributed by atoms with Crippen molar-refractivity contribution in [2.24, 2.45) is 0 Å². The lowest BCUT2D eigenvalue weighted by Gasteiger charge is -2.24. The van der Waals surface area contributed by atoms with E-state index in [0.717, 1.165) is 17.0 Å². The lowest BCUT2D eigenvalue weighted by atomic mass is 10.1. The van der Waals surface area contributed by atoms with E-state index >= 15 is 0 Å². The minimum absolute atomic E-state index is 0.0599. The van der Waals surface area contributed by atoms with Crippen LogP contribution in [0.4, 0.5) is 0 Å². The summed E-state index contributed by atoms with van der Waals surface area (Å²) in [6.07, 6.45) is 3.41. The standard InChI is InChI=1S/C18H18N4O3/c1-24-16(12-5-3-2-4-6-12)17-21-14-11-22(8-7-15(14)25-17)18(23)13-9-19-20-10-13/h2-6,9-10,16H,7-8,11H2,1H3,(H,19,20). The Morgan fingerprint density at radius 2 is 2.20 bits per heavy atom. The fourth-order valence-electron chi connectivity index (χ4n) is 3.06. The number of benzene rings is 1. The average Bonchev–Trinajstić information content (AvgIpc) is 3.32. The maximum absolute atomic E-state index is 12.5. The monoisotopic (exact) mass is 338 g/mol. The number of carbonyl (C=O) groups excluding carboxylic acids is 1. The van der Waals surface area contributed by atoms with Crippen LogP contribution in [0.2, 0.25) is 0 Å². The number of H-pyrrole nitrogens is 1. The minimum Gasteiger partial charge on any atom is -0.442 e. The predicted molar refractivity (Wildman–Crippen MR) is 88.8 cm³/mol. The maximum Gasteiger partial charge on any atom is 0.257 e. The highest BCUT2D eigenvalue weighted by atomic mass is 16.5. The normalized spacial score (nSPS) is 15.0. The summed E-state index contributed by atoms with van der Waals surface area (Å²) in [4.78, 5) is 18.8. The first kappa shape index (κ1) is 15.6. The van der Waals surface area contributed by atoms with Crippen molar-refractivity contribution in [3.8, 4) is 0 Å². The van der Waals surface area contributed by atoms with Crippen LogP contribution < -0.4 is 0 Å². The molecule has 3 aromatic rings. The van der Waals surface area contributed by atoms with Gasteiger partial charge in [0.15, 0.2) is 6.10 Å². The molecule has 0 spiro atoms. The van der Waals surface area contributed by atoms with Gasteiger partial charge < -0.3 is 14.1 Å². The van der Waals surface area contributed by atoms with Gasteiger partial charge in [-0.25, -0.2) is 4.98 Å². The van der Waals surface area contributed by atoms with E-state index in [1.807, 2.05) is 30.3 Å². The summed E-state index contributed by atoms with van der Waals surface area (Å²) < 4.78 is 11.5. The Kier molecular flexibility index (Phi) is 4.07. The second kappa shape index (κ2) is 6.52. The second-order valence-electron chi connectivity index (χ2n) is 5.91. The van der Waals surface area contributed by atoms with E-state index < -0.39 is 0 Å². The van der Waals surface area contributed by atoms with Crippen molar-refractivity contribution >= 4 is 5.91 Å². The van der Waals surface area contributed by atoms with Crippen LogP contribution >= 0.6 is 0 Å². The van der Waals surface area contributed by atoms with Gasteiger partial charge in [0.2, 0.25) is 5.89 Å². The predicted octanol–water partition coefficient (Wildman–Crippen LogP) is 2.33. The van der Waals surface area contributed by atoms with Crippen LogP contribution in [0.15, 0.2) is 47.1 Å². The highest BCUT2D eigenvalue weighted by molar-refractivity contribution is 5.93. The van der Waals surface area contributed by atoms with E-state index in [1.54, 1.807) is 18.2 Å². The zero-order valence-corrected chi connectivity index (χ0v) is 13.8. The van der Waals surface area contributed by atoms with Crippen LogP contribution in [-0.4, -0.2) is 39.6 Å². The van der Waals surface area contributed by atoms with Gasteiger partial charge in [-0.3, -0.25) is 9.89 Å². The highest BCUT2D eigenvalue weighted by Gasteiger charge is 2.29. The summed E-state index contributed by atoms with van der Waals surface area (Å²) in [6.45, 7) is 1.02. The number of hydrogen-bond donors (Lipinski definition) is 1. The third-order valence-corrected chi connectivity index (χ3v) is 4.34. The molecule has 4 rings (SSSR count). The average molecular weight is 338 g/mol. The Bertz CT molecular complexity index is 858. The topological polar surface area (TPSA) is 84.2 Å². The van der Waals surface area contributed by atoms with Gasteiger partial charge >= 0.3 is 0 Å². The SMILES string of the molecule is COC(c1ccccc1)c1nc2c(o1)CCN(C(=O)c1cn[nH]c1)C2. The molecule has 2 aromatic heterocycles. The van der Waals surface area contributed by atoms with Gasteiger partial charge in [-0.05, 0) is 5.56 Å². The molecule has 128 valence electrons. The van der Waals surface area contributed by atoms with Crippen LogP contribution in [0, 0.1) is 0 Å². The molecule has 25 heavy (non-hydrogen) atoms. The van der Waals surface area contributed by atoms with Gasteiger partial charge in [-0.2, -0.15) is 5.10 Å². The molecule has 1 atom stereocenters. The van der Waals surface area contributed by atoms with E-state index in [9.17, 15) is 4.79 Å². The number of carbonyl (C=O) groups is 1. The second-order valence-corrected chi connectivity index (χ2v) is 5.91. The molecule has 1 unspecified atom stereocenters. The van der Waals surface area contributed by atoms with Crippen molar-refractivity contribution in [2.45, 2.75) is 19.1 Å². The van der Waals surface area contributed by atoms with E-state index in [4.69, 9.17) is 9.15 Å². The van der Waals surface area contributed by atoms with E-state index in [2.05, 4.69) is 15.2 Å². The lowest BCUT2D eigenvalue weighted by molar-refractivity contribution is 0.0727. The third-order valence-electron chi connectivity index (χ3n) is 4.34. The molecular weight excluding hydrogens is 320 g/mol. The zero-order valence-electron chi connectivity index (χ0n) is 13.8. The molecule has 0 saturated heterocycles. The molecule has 1 aromatic carbocycles. The number of nitrogens with one attached hydrogen (secondary N) is 1. The number of methoxy groups -OCH3 is 1. The minimum atomic E-state index is -0.357. The van der Waals surface area contributed by atoms with Crippen LogP contribution in [0.1, 0.15) is 39.4 Å². The fourth-order valence-corrected chi connectivity index (χ4v) is 3.06. The molecule has 1 aliphatic heterocycles. The molecule has 1 amide bonds. The van der Waals surface area contributed by atoms with Gasteiger partial charge in [-0.15, -0.1) is 0 Å². The molecule has 0 fully saturated rings. The Labute approximate surface area is 144 Å². The first-order valence-corrected chi connectivity index (χ1v) is 8.10. The molecule has 0 saturated carbocycles. The fraction of sp³-hybridized carbons (Fsp3) is 0.278. The summed E-state index contributed by atoms with van der Waals surface area (Å²) in [5.41, 5.74) is 2.32. The van der Waals surface area contributed by atoms with Crippen LogP contribution in [-0.2, 0) is 17.7 Å². The number of aromatic nitrogens is 3. The Hall–Kier alpha value is -2.93. The zero-order chi connectivity index (χ0) is 17.2. The molecule has 0 radical (unpaired) electrons. The number of rotatable bonds is 4. The van der Waals surface area contributed by atoms with Gasteiger partial charge in [0.05, 0.1) is 18.3 Å². The first-order valence-electron chi connectivity index (χ1n) is 8.10. The van der Waals surface area contributed by atoms with E-state index in [-0.39, 0.29) is 12.0 Å². The molecule has 0 aliphatic carbocycles. The Morgan fingerprint density at radius 3 is 2.92 bits per heavy atom. The molecule has 7 nitrogen and oxygen atoms in total. The number of ether oxygens (including phenoxy) is 1. The third kappa shape index (κ3) is 2.94. The van der Waals surface area contributed by atoms with Crippen molar-refractivity contribution in [3.63, 3.8) is 0 Å². The largest absolute Gasteiger partial charge is 0.442 e. The quantitative estimate of drug-likeness (QED) is 0.789. The van der Waals surface area contributed by atoms with Crippen LogP contribution in [0.25, 0.3) is 0 Å². The molecule has 3 heterocycles. The van der Waals surface area contributed by atoms with Crippen molar-refractivity contribution < 1.29 is 13.9 Å². The molecule has 1 aliphatic rings. The van der Waals surface area contributed by atoms with Gasteiger partial charge in [-0.1, -0.05) is 30.3 Å². The summed E-state index contributed by atoms with van der Waals surface area (Å²) >= 11 is 0. The number of aromatic amines is 1. The Balaban J connectivity index is 1.57. The van der Waals surface area contributed by atoms with Crippen LogP contribution in [0.3, 0.4) is 0 Å². The summed E-state index contributed by atoms with van der Waals surface area (Å²) in [7, 11) is 1.63. The first-order chi connectivity index (χ1) is 12.3. The summed E-state index contributed by atoms with van der Waals surface area (Å²) in [5.74, 6) is 1.29. The number of amides is 1. The molecule has 0 bridgehead atoms. The van der Waals surface area contributed by atoms with Crippen molar-refractivity contribution in [2.75, 3.05) is 13.7 Å². The van der Waals surface area contributed by atoms with Crippen molar-refractivity contribution in [1.82, 2.24) is 20.1 Å². The number of hydrogen-bond acceptors (Lipinski definition) is 5. The van der Waals surface area contributed by atoms with Crippen molar-refractivity contribution in [3.05, 3.63) is 71.2 Å². The molecular formula is C18H18N4O3. The summed E-state index contributed by atoms with van der Waals surface area (Å²) in [5, 5.41) is 6.50. The van der Waals surface area contributed by atoms with Gasteiger partial charge in [0, 0.05) is 26.3 Å². The summed E-state index contributed by atoms with van der Waals surface area (Å²) in [6, 6.07) is 9.82. The molecule has 1 N–H and O–H groups in total. The number of oxazole rings is 1. The number of nitrogens with zero attached hydrogens (tertiary/aromatic N) is 3. The maximum atomic E-state index is 12.5. The lowest BCUT2D eigenvalue weighted by Crippen LogP contribution is -2.35. The van der Waals surface area contributed by atoms with Gasteiger partial charge in [0.1, 0.15) is 11.5 Å². The highest BCUT2D eigenvalue weighted by Crippen LogP contribution is 2.29.